The molecule has 0 amide bonds. The summed E-state index contributed by atoms with van der Waals surface area (Å²) in [6, 6.07) is 78.6. The lowest BCUT2D eigenvalue weighted by atomic mass is 9.78. The molecule has 0 atom stereocenters. The molecule has 0 heterocycles. The van der Waals surface area contributed by atoms with Gasteiger partial charge in [0, 0.05) is 16.8 Å². The first kappa shape index (κ1) is 39.9. The van der Waals surface area contributed by atoms with Gasteiger partial charge < -0.3 is 4.90 Å². The predicted octanol–water partition coefficient (Wildman–Crippen LogP) is 17.9. The van der Waals surface area contributed by atoms with E-state index in [-0.39, 0.29) is 10.8 Å². The van der Waals surface area contributed by atoms with Crippen molar-refractivity contribution >= 4 is 49.4 Å². The second kappa shape index (κ2) is 15.9. The van der Waals surface area contributed by atoms with Gasteiger partial charge in [-0.1, -0.05) is 230 Å². The van der Waals surface area contributed by atoms with E-state index in [4.69, 9.17) is 0 Å². The highest BCUT2D eigenvalue weighted by Crippen LogP contribution is 2.48. The number of hydrogen-bond donors (Lipinski definition) is 0. The minimum atomic E-state index is -0.0220. The van der Waals surface area contributed by atoms with E-state index in [9.17, 15) is 0 Å². The van der Waals surface area contributed by atoms with Crippen molar-refractivity contribution in [3.8, 4) is 44.5 Å². The van der Waals surface area contributed by atoms with Gasteiger partial charge in [0.25, 0.3) is 0 Å². The fourth-order valence-electron chi connectivity index (χ4n) is 9.37. The summed E-state index contributed by atoms with van der Waals surface area (Å²) in [5.41, 5.74) is 15.6. The molecule has 0 aliphatic carbocycles. The Labute approximate surface area is 372 Å². The quantitative estimate of drug-likeness (QED) is 0.145. The van der Waals surface area contributed by atoms with Crippen molar-refractivity contribution in [3.63, 3.8) is 0 Å². The van der Waals surface area contributed by atoms with Gasteiger partial charge in [0.2, 0.25) is 0 Å². The fourth-order valence-corrected chi connectivity index (χ4v) is 9.37. The zero-order valence-corrected chi connectivity index (χ0v) is 37.2. The molecule has 0 unspecified atom stereocenters. The summed E-state index contributed by atoms with van der Waals surface area (Å²) < 4.78 is 0. The zero-order chi connectivity index (χ0) is 43.3. The molecule has 0 saturated heterocycles. The Balaban J connectivity index is 1.21. The molecule has 0 aromatic heterocycles. The Kier molecular flexibility index (Phi) is 10.1. The van der Waals surface area contributed by atoms with Crippen LogP contribution in [0.5, 0.6) is 0 Å². The number of fused-ring (bicyclic) bond motifs is 4. The van der Waals surface area contributed by atoms with Crippen molar-refractivity contribution in [2.45, 2.75) is 52.4 Å². The van der Waals surface area contributed by atoms with Gasteiger partial charge in [-0.25, -0.2) is 0 Å². The largest absolute Gasteiger partial charge is 0.309 e. The number of benzene rings is 10. The average molecular weight is 812 g/mol. The molecule has 0 saturated carbocycles. The molecule has 0 fully saturated rings. The van der Waals surface area contributed by atoms with Crippen LogP contribution in [0.15, 0.2) is 212 Å². The van der Waals surface area contributed by atoms with Gasteiger partial charge in [0.05, 0.1) is 11.4 Å². The molecule has 10 aromatic rings. The first-order valence-electron chi connectivity index (χ1n) is 22.3. The van der Waals surface area contributed by atoms with E-state index in [2.05, 4.69) is 259 Å². The van der Waals surface area contributed by atoms with Crippen LogP contribution in [0.2, 0.25) is 0 Å². The van der Waals surface area contributed by atoms with Crippen LogP contribution in [-0.2, 0) is 10.8 Å². The van der Waals surface area contributed by atoms with Gasteiger partial charge in [0.1, 0.15) is 0 Å². The third-order valence-electron chi connectivity index (χ3n) is 12.8. The average Bonchev–Trinajstić information content (AvgIpc) is 3.31. The van der Waals surface area contributed by atoms with Crippen molar-refractivity contribution in [1.29, 1.82) is 0 Å². The molecule has 1 heteroatoms. The van der Waals surface area contributed by atoms with E-state index >= 15 is 0 Å². The van der Waals surface area contributed by atoms with Gasteiger partial charge in [-0.2, -0.15) is 0 Å². The van der Waals surface area contributed by atoms with E-state index < -0.39 is 0 Å². The highest BCUT2D eigenvalue weighted by atomic mass is 15.1. The molecule has 63 heavy (non-hydrogen) atoms. The number of para-hydroxylation sites is 2. The summed E-state index contributed by atoms with van der Waals surface area (Å²) in [5.74, 6) is 0. The van der Waals surface area contributed by atoms with Gasteiger partial charge >= 0.3 is 0 Å². The van der Waals surface area contributed by atoms with E-state index in [0.29, 0.717) is 0 Å². The number of hydrogen-bond acceptors (Lipinski definition) is 1. The van der Waals surface area contributed by atoms with E-state index in [1.807, 2.05) is 0 Å². The fraction of sp³-hybridized carbons (Fsp3) is 0.129. The molecule has 10 rings (SSSR count). The number of rotatable bonds is 7. The lowest BCUT2D eigenvalue weighted by Crippen LogP contribution is -2.17. The third-order valence-corrected chi connectivity index (χ3v) is 12.8. The van der Waals surface area contributed by atoms with Crippen LogP contribution < -0.4 is 4.90 Å². The summed E-state index contributed by atoms with van der Waals surface area (Å²) in [6.45, 7) is 13.9. The monoisotopic (exact) mass is 811 g/mol. The molecule has 1 nitrogen and oxygen atoms in total. The van der Waals surface area contributed by atoms with E-state index in [1.165, 1.54) is 88.0 Å². The minimum Gasteiger partial charge on any atom is -0.309 e. The van der Waals surface area contributed by atoms with Crippen molar-refractivity contribution in [1.82, 2.24) is 0 Å². The lowest BCUT2D eigenvalue weighted by molar-refractivity contribution is 0.569. The maximum atomic E-state index is 2.50. The minimum absolute atomic E-state index is 0.0220. The summed E-state index contributed by atoms with van der Waals surface area (Å²) >= 11 is 0. The lowest BCUT2D eigenvalue weighted by Gasteiger charge is -2.31. The van der Waals surface area contributed by atoms with Crippen LogP contribution in [0.4, 0.5) is 17.1 Å². The highest BCUT2D eigenvalue weighted by Gasteiger charge is 2.25. The Bertz CT molecular complexity index is 3250. The first-order valence-corrected chi connectivity index (χ1v) is 22.3. The molecular formula is C62H53N. The van der Waals surface area contributed by atoms with Gasteiger partial charge in [0.15, 0.2) is 0 Å². The molecule has 306 valence electrons. The predicted molar refractivity (Wildman–Crippen MR) is 273 cm³/mol. The van der Waals surface area contributed by atoms with Gasteiger partial charge in [-0.15, -0.1) is 0 Å². The Morgan fingerprint density at radius 2 is 0.810 bits per heavy atom. The standard InChI is InChI=1S/C62H53N/c1-61(2,3)47-39-46(40-48(41-47)62(4,5)6)52-25-12-14-31-58(52)63(49-36-33-44(34-37-49)51-27-18-29-54-50-24-11-10-21-43(50)35-38-55(51)54)59-32-15-13-26-56(59)57-30-17-23-45-22-16-28-53(60(45)57)42-19-8-7-9-20-42/h7-41H,1-6H3. The highest BCUT2D eigenvalue weighted by molar-refractivity contribution is 6.12. The van der Waals surface area contributed by atoms with E-state index in [1.54, 1.807) is 0 Å². The molecule has 0 bridgehead atoms. The molecular weight excluding hydrogens is 759 g/mol. The van der Waals surface area contributed by atoms with Crippen LogP contribution in [0, 0.1) is 0 Å². The second-order valence-electron chi connectivity index (χ2n) is 19.0. The molecule has 0 spiro atoms. The molecule has 10 aromatic carbocycles. The van der Waals surface area contributed by atoms with Crippen molar-refractivity contribution in [2.75, 3.05) is 4.90 Å². The van der Waals surface area contributed by atoms with Crippen LogP contribution in [0.25, 0.3) is 76.8 Å². The third kappa shape index (κ3) is 7.49. The normalized spacial score (nSPS) is 12.0. The van der Waals surface area contributed by atoms with E-state index in [0.717, 1.165) is 17.1 Å². The molecule has 0 aliphatic rings. The Hall–Kier alpha value is -7.22. The van der Waals surface area contributed by atoms with Crippen molar-refractivity contribution in [2.24, 2.45) is 0 Å². The van der Waals surface area contributed by atoms with Gasteiger partial charge in [-0.05, 0) is 112 Å². The van der Waals surface area contributed by atoms with Gasteiger partial charge in [-0.3, -0.25) is 0 Å². The molecule has 0 aliphatic heterocycles. The SMILES string of the molecule is CC(C)(C)c1cc(-c2ccccc2N(c2ccc(-c3cccc4c3ccc3ccccc34)cc2)c2ccccc2-c2cccc3cccc(-c4ccccc4)c23)cc(C(C)(C)C)c1. The number of anilines is 3. The maximum Gasteiger partial charge on any atom is 0.0540 e. The summed E-state index contributed by atoms with van der Waals surface area (Å²) in [5, 5.41) is 7.54. The molecule has 0 N–H and O–H groups in total. The maximum absolute atomic E-state index is 2.50. The summed E-state index contributed by atoms with van der Waals surface area (Å²) in [7, 11) is 0. The van der Waals surface area contributed by atoms with Crippen LogP contribution in [0.1, 0.15) is 52.7 Å². The first-order chi connectivity index (χ1) is 30.5. The van der Waals surface area contributed by atoms with Crippen LogP contribution >= 0.6 is 0 Å². The second-order valence-corrected chi connectivity index (χ2v) is 19.0. The zero-order valence-electron chi connectivity index (χ0n) is 37.2. The smallest absolute Gasteiger partial charge is 0.0540 e. The topological polar surface area (TPSA) is 3.24 Å². The Morgan fingerprint density at radius 1 is 0.302 bits per heavy atom. The summed E-state index contributed by atoms with van der Waals surface area (Å²) in [6.07, 6.45) is 0. The van der Waals surface area contributed by atoms with Crippen LogP contribution in [0.3, 0.4) is 0 Å². The van der Waals surface area contributed by atoms with Crippen molar-refractivity contribution < 1.29 is 0 Å². The van der Waals surface area contributed by atoms with Crippen molar-refractivity contribution in [3.05, 3.63) is 223 Å². The Morgan fingerprint density at radius 3 is 1.51 bits per heavy atom. The van der Waals surface area contributed by atoms with Crippen LogP contribution in [-0.4, -0.2) is 0 Å². The molecule has 0 radical (unpaired) electrons. The number of nitrogens with zero attached hydrogens (tertiary/aromatic N) is 1. The summed E-state index contributed by atoms with van der Waals surface area (Å²) in [4.78, 5) is 2.50.